The second-order valence-corrected chi connectivity index (χ2v) is 3.93. The highest BCUT2D eigenvalue weighted by atomic mass is 16.4. The van der Waals surface area contributed by atoms with Gasteiger partial charge < -0.3 is 4.42 Å². The van der Waals surface area contributed by atoms with Crippen LogP contribution in [-0.4, -0.2) is 4.40 Å². The standard InChI is InChI=1S/C13H9NO3/c1-8-6-11(15)17-10-7-9-4-2-3-5-14(9)13(16)12(8)10/h2-7H,1H3. The normalized spacial score (nSPS) is 11.1. The molecule has 0 aliphatic rings. The summed E-state index contributed by atoms with van der Waals surface area (Å²) in [5, 5.41) is 0.452. The number of hydrogen-bond donors (Lipinski definition) is 0. The number of fused-ring (bicyclic) bond motifs is 2. The molecule has 0 fully saturated rings. The maximum Gasteiger partial charge on any atom is 0.336 e. The van der Waals surface area contributed by atoms with Gasteiger partial charge in [0, 0.05) is 18.3 Å². The molecule has 3 rings (SSSR count). The lowest BCUT2D eigenvalue weighted by Crippen LogP contribution is -2.15. The molecule has 0 atom stereocenters. The summed E-state index contributed by atoms with van der Waals surface area (Å²) in [7, 11) is 0. The van der Waals surface area contributed by atoms with Gasteiger partial charge in [0.05, 0.1) is 10.9 Å². The van der Waals surface area contributed by atoms with Crippen LogP contribution < -0.4 is 11.2 Å². The minimum Gasteiger partial charge on any atom is -0.422 e. The van der Waals surface area contributed by atoms with Crippen LogP contribution in [0, 0.1) is 6.92 Å². The molecular weight excluding hydrogens is 218 g/mol. The lowest BCUT2D eigenvalue weighted by molar-refractivity contribution is 0.559. The van der Waals surface area contributed by atoms with Crippen molar-refractivity contribution in [1.82, 2.24) is 4.40 Å². The van der Waals surface area contributed by atoms with Crippen molar-refractivity contribution in [2.24, 2.45) is 0 Å². The molecule has 0 aromatic carbocycles. The Morgan fingerprint density at radius 1 is 1.18 bits per heavy atom. The van der Waals surface area contributed by atoms with Gasteiger partial charge >= 0.3 is 5.63 Å². The largest absolute Gasteiger partial charge is 0.422 e. The Bertz CT molecular complexity index is 843. The Balaban J connectivity index is 2.69. The molecule has 0 N–H and O–H groups in total. The summed E-state index contributed by atoms with van der Waals surface area (Å²) in [5.74, 6) is 0. The minimum absolute atomic E-state index is 0.167. The lowest BCUT2D eigenvalue weighted by Gasteiger charge is -2.03. The number of nitrogens with zero attached hydrogens (tertiary/aromatic N) is 1. The fourth-order valence-corrected chi connectivity index (χ4v) is 2.02. The second-order valence-electron chi connectivity index (χ2n) is 3.93. The van der Waals surface area contributed by atoms with E-state index in [1.807, 2.05) is 6.07 Å². The average molecular weight is 227 g/mol. The van der Waals surface area contributed by atoms with Gasteiger partial charge in [0.2, 0.25) is 0 Å². The summed E-state index contributed by atoms with van der Waals surface area (Å²) >= 11 is 0. The maximum atomic E-state index is 12.2. The number of hydrogen-bond acceptors (Lipinski definition) is 3. The first-order chi connectivity index (χ1) is 8.16. The molecule has 3 heterocycles. The predicted molar refractivity (Wildman–Crippen MR) is 64.4 cm³/mol. The molecule has 0 unspecified atom stereocenters. The average Bonchev–Trinajstić information content (AvgIpc) is 2.28. The minimum atomic E-state index is -0.435. The van der Waals surface area contributed by atoms with Crippen molar-refractivity contribution in [2.45, 2.75) is 6.92 Å². The fraction of sp³-hybridized carbons (Fsp3) is 0.0769. The topological polar surface area (TPSA) is 51.7 Å². The monoisotopic (exact) mass is 227 g/mol. The Morgan fingerprint density at radius 3 is 2.82 bits per heavy atom. The Kier molecular flexibility index (Phi) is 1.92. The molecule has 0 saturated heterocycles. The third kappa shape index (κ3) is 1.38. The van der Waals surface area contributed by atoms with Crippen molar-refractivity contribution in [3.63, 3.8) is 0 Å². The molecule has 17 heavy (non-hydrogen) atoms. The summed E-state index contributed by atoms with van der Waals surface area (Å²) in [6.45, 7) is 1.73. The Hall–Kier alpha value is -2.36. The van der Waals surface area contributed by atoms with Crippen LogP contribution in [0.2, 0.25) is 0 Å². The first kappa shape index (κ1) is 9.84. The van der Waals surface area contributed by atoms with Gasteiger partial charge in [-0.1, -0.05) is 6.07 Å². The van der Waals surface area contributed by atoms with Crippen molar-refractivity contribution >= 4 is 16.5 Å². The molecule has 0 saturated carbocycles. The van der Waals surface area contributed by atoms with E-state index in [1.165, 1.54) is 10.5 Å². The molecule has 0 radical (unpaired) electrons. The van der Waals surface area contributed by atoms with Gasteiger partial charge in [-0.15, -0.1) is 0 Å². The third-order valence-corrected chi connectivity index (χ3v) is 2.79. The number of rotatable bonds is 0. The predicted octanol–water partition coefficient (Wildman–Crippen LogP) is 1.71. The van der Waals surface area contributed by atoms with Crippen LogP contribution in [0.4, 0.5) is 0 Å². The zero-order valence-corrected chi connectivity index (χ0v) is 9.14. The van der Waals surface area contributed by atoms with Crippen molar-refractivity contribution < 1.29 is 4.42 Å². The summed E-state index contributed by atoms with van der Waals surface area (Å²) in [4.78, 5) is 23.5. The van der Waals surface area contributed by atoms with E-state index in [-0.39, 0.29) is 5.56 Å². The van der Waals surface area contributed by atoms with Crippen LogP contribution in [0.3, 0.4) is 0 Å². The van der Waals surface area contributed by atoms with Crippen LogP contribution in [0.15, 0.2) is 50.5 Å². The second kappa shape index (κ2) is 3.31. The molecule has 4 nitrogen and oxygen atoms in total. The van der Waals surface area contributed by atoms with E-state index >= 15 is 0 Å². The van der Waals surface area contributed by atoms with E-state index in [9.17, 15) is 9.59 Å². The van der Waals surface area contributed by atoms with Gasteiger partial charge in [0.15, 0.2) is 0 Å². The Morgan fingerprint density at radius 2 is 2.00 bits per heavy atom. The van der Waals surface area contributed by atoms with E-state index in [0.29, 0.717) is 22.0 Å². The number of aromatic nitrogens is 1. The lowest BCUT2D eigenvalue weighted by atomic mass is 10.1. The highest BCUT2D eigenvalue weighted by Gasteiger charge is 2.08. The van der Waals surface area contributed by atoms with Gasteiger partial charge in [0.1, 0.15) is 5.58 Å². The quantitative estimate of drug-likeness (QED) is 0.549. The zero-order valence-electron chi connectivity index (χ0n) is 9.14. The molecule has 4 heteroatoms. The van der Waals surface area contributed by atoms with Gasteiger partial charge in [-0.25, -0.2) is 4.79 Å². The molecule has 0 spiro atoms. The van der Waals surface area contributed by atoms with E-state index in [0.717, 1.165) is 0 Å². The highest BCUT2D eigenvalue weighted by molar-refractivity contribution is 5.82. The SMILES string of the molecule is Cc1cc(=O)oc2cc3ccccn3c(=O)c12. The van der Waals surface area contributed by atoms with Gasteiger partial charge in [-0.2, -0.15) is 0 Å². The van der Waals surface area contributed by atoms with Gasteiger partial charge in [-0.05, 0) is 24.6 Å². The van der Waals surface area contributed by atoms with Gasteiger partial charge in [-0.3, -0.25) is 9.20 Å². The van der Waals surface area contributed by atoms with E-state index < -0.39 is 5.63 Å². The number of aryl methyl sites for hydroxylation is 1. The molecule has 0 amide bonds. The third-order valence-electron chi connectivity index (χ3n) is 2.79. The van der Waals surface area contributed by atoms with Crippen molar-refractivity contribution in [2.75, 3.05) is 0 Å². The molecule has 3 aromatic rings. The Labute approximate surface area is 95.7 Å². The zero-order chi connectivity index (χ0) is 12.0. The van der Waals surface area contributed by atoms with Crippen molar-refractivity contribution in [1.29, 1.82) is 0 Å². The summed E-state index contributed by atoms with van der Waals surface area (Å²) in [6, 6.07) is 8.44. The molecule has 0 bridgehead atoms. The van der Waals surface area contributed by atoms with E-state index in [2.05, 4.69) is 0 Å². The van der Waals surface area contributed by atoms with Crippen LogP contribution >= 0.6 is 0 Å². The van der Waals surface area contributed by atoms with Crippen LogP contribution in [0.25, 0.3) is 16.5 Å². The molecule has 0 aliphatic heterocycles. The first-order valence-electron chi connectivity index (χ1n) is 5.22. The van der Waals surface area contributed by atoms with Crippen LogP contribution in [-0.2, 0) is 0 Å². The smallest absolute Gasteiger partial charge is 0.336 e. The molecule has 3 aromatic heterocycles. The van der Waals surface area contributed by atoms with E-state index in [1.54, 1.807) is 31.3 Å². The summed E-state index contributed by atoms with van der Waals surface area (Å²) < 4.78 is 6.60. The fourth-order valence-electron chi connectivity index (χ4n) is 2.02. The van der Waals surface area contributed by atoms with Crippen LogP contribution in [0.5, 0.6) is 0 Å². The molecule has 0 aliphatic carbocycles. The first-order valence-corrected chi connectivity index (χ1v) is 5.22. The van der Waals surface area contributed by atoms with Crippen LogP contribution in [0.1, 0.15) is 5.56 Å². The van der Waals surface area contributed by atoms with Gasteiger partial charge in [0.25, 0.3) is 5.56 Å². The van der Waals surface area contributed by atoms with E-state index in [4.69, 9.17) is 4.42 Å². The molecule has 84 valence electrons. The van der Waals surface area contributed by atoms with Crippen molar-refractivity contribution in [3.05, 3.63) is 62.9 Å². The molecular formula is C13H9NO3. The number of pyridine rings is 2. The maximum absolute atomic E-state index is 12.2. The summed E-state index contributed by atoms with van der Waals surface area (Å²) in [6.07, 6.45) is 1.70. The van der Waals surface area contributed by atoms with Crippen molar-refractivity contribution in [3.8, 4) is 0 Å². The highest BCUT2D eigenvalue weighted by Crippen LogP contribution is 2.14. The summed E-state index contributed by atoms with van der Waals surface area (Å²) in [5.41, 5.74) is 1.08.